The Morgan fingerprint density at radius 3 is 2.50 bits per heavy atom. The lowest BCUT2D eigenvalue weighted by molar-refractivity contribution is 0.564. The molecule has 1 aromatic carbocycles. The molecular weight excluding hydrogens is 292 g/mol. The molecule has 2 aromatic rings. The number of thioether (sulfide) groups is 1. The van der Waals surface area contributed by atoms with Gasteiger partial charge in [-0.05, 0) is 37.8 Å². The van der Waals surface area contributed by atoms with Gasteiger partial charge in [0, 0.05) is 18.3 Å². The minimum absolute atomic E-state index is 0.542. The summed E-state index contributed by atoms with van der Waals surface area (Å²) in [6.07, 6.45) is 4.95. The van der Waals surface area contributed by atoms with E-state index in [1.54, 1.807) is 0 Å². The lowest BCUT2D eigenvalue weighted by atomic mass is 10.1. The van der Waals surface area contributed by atoms with Gasteiger partial charge >= 0.3 is 0 Å². The van der Waals surface area contributed by atoms with Crippen LogP contribution in [0, 0.1) is 0 Å². The Balaban J connectivity index is 1.99. The maximum atomic E-state index is 4.52. The van der Waals surface area contributed by atoms with Crippen LogP contribution in [-0.4, -0.2) is 33.1 Å². The second kappa shape index (κ2) is 7.18. The van der Waals surface area contributed by atoms with Crippen LogP contribution >= 0.6 is 11.8 Å². The number of para-hydroxylation sites is 1. The molecular formula is C17H24N4S. The zero-order chi connectivity index (χ0) is 15.4. The summed E-state index contributed by atoms with van der Waals surface area (Å²) in [5.74, 6) is 0.997. The lowest BCUT2D eigenvalue weighted by Crippen LogP contribution is -2.31. The van der Waals surface area contributed by atoms with Gasteiger partial charge in [-0.3, -0.25) is 4.57 Å². The van der Waals surface area contributed by atoms with Crippen LogP contribution in [0.5, 0.6) is 0 Å². The minimum Gasteiger partial charge on any atom is -0.341 e. The van der Waals surface area contributed by atoms with Gasteiger partial charge in [-0.25, -0.2) is 0 Å². The van der Waals surface area contributed by atoms with Gasteiger partial charge in [0.05, 0.1) is 5.69 Å². The number of benzene rings is 1. The Kier molecular flexibility index (Phi) is 5.03. The second-order valence-electron chi connectivity index (χ2n) is 5.84. The van der Waals surface area contributed by atoms with Crippen LogP contribution in [0.25, 0.3) is 5.69 Å². The fourth-order valence-electron chi connectivity index (χ4n) is 2.70. The Labute approximate surface area is 136 Å². The van der Waals surface area contributed by atoms with Gasteiger partial charge in [0.25, 0.3) is 0 Å². The van der Waals surface area contributed by atoms with E-state index in [2.05, 4.69) is 63.8 Å². The van der Waals surface area contributed by atoms with Gasteiger partial charge in [0.2, 0.25) is 5.95 Å². The summed E-state index contributed by atoms with van der Waals surface area (Å²) in [5, 5.41) is 10.6. The maximum Gasteiger partial charge on any atom is 0.232 e. The van der Waals surface area contributed by atoms with Crippen LogP contribution in [0.15, 0.2) is 35.5 Å². The van der Waals surface area contributed by atoms with E-state index < -0.39 is 0 Å². The molecule has 0 radical (unpaired) electrons. The first-order valence-corrected chi connectivity index (χ1v) is 9.10. The van der Waals surface area contributed by atoms with E-state index in [1.807, 2.05) is 11.8 Å². The third-order valence-corrected chi connectivity index (χ3v) is 5.36. The summed E-state index contributed by atoms with van der Waals surface area (Å²) in [6, 6.07) is 10.5. The topological polar surface area (TPSA) is 34.0 Å². The lowest BCUT2D eigenvalue weighted by Gasteiger charge is -2.28. The molecule has 0 amide bonds. The smallest absolute Gasteiger partial charge is 0.232 e. The molecule has 1 fully saturated rings. The molecule has 1 aliphatic rings. The molecule has 5 heteroatoms. The first-order chi connectivity index (χ1) is 10.8. The molecule has 3 rings (SSSR count). The quantitative estimate of drug-likeness (QED) is 0.776. The molecule has 22 heavy (non-hydrogen) atoms. The summed E-state index contributed by atoms with van der Waals surface area (Å²) < 4.78 is 2.22. The number of hydrogen-bond acceptors (Lipinski definition) is 4. The highest BCUT2D eigenvalue weighted by molar-refractivity contribution is 7.99. The Hall–Kier alpha value is -1.49. The Bertz CT molecular complexity index is 590. The highest BCUT2D eigenvalue weighted by atomic mass is 32.2. The van der Waals surface area contributed by atoms with E-state index >= 15 is 0 Å². The molecule has 0 spiro atoms. The van der Waals surface area contributed by atoms with Crippen LogP contribution < -0.4 is 4.90 Å². The summed E-state index contributed by atoms with van der Waals surface area (Å²) in [7, 11) is 0. The summed E-state index contributed by atoms with van der Waals surface area (Å²) in [6.45, 7) is 6.62. The predicted molar refractivity (Wildman–Crippen MR) is 93.0 cm³/mol. The number of hydrogen-bond donors (Lipinski definition) is 0. The minimum atomic E-state index is 0.542. The standard InChI is InChI=1S/C17H24N4S/c1-3-14(2)22-17-19-18-16(20-12-8-5-9-13-20)21(17)15-10-6-4-7-11-15/h4,6-7,10-11,14H,3,5,8-9,12-13H2,1-2H3. The van der Waals surface area contributed by atoms with Crippen molar-refractivity contribution in [1.29, 1.82) is 0 Å². The van der Waals surface area contributed by atoms with Crippen molar-refractivity contribution < 1.29 is 0 Å². The third-order valence-electron chi connectivity index (χ3n) is 4.15. The van der Waals surface area contributed by atoms with Crippen LogP contribution in [0.1, 0.15) is 39.5 Å². The molecule has 2 heterocycles. The van der Waals surface area contributed by atoms with Crippen molar-refractivity contribution in [1.82, 2.24) is 14.8 Å². The number of piperidine rings is 1. The van der Waals surface area contributed by atoms with Gasteiger partial charge in [-0.2, -0.15) is 0 Å². The van der Waals surface area contributed by atoms with Crippen molar-refractivity contribution in [2.45, 2.75) is 49.9 Å². The highest BCUT2D eigenvalue weighted by Crippen LogP contribution is 2.31. The average Bonchev–Trinajstić information content (AvgIpc) is 3.00. The normalized spacial score (nSPS) is 16.7. The van der Waals surface area contributed by atoms with E-state index in [1.165, 1.54) is 19.3 Å². The third kappa shape index (κ3) is 3.29. The highest BCUT2D eigenvalue weighted by Gasteiger charge is 2.22. The summed E-state index contributed by atoms with van der Waals surface area (Å²) in [5.41, 5.74) is 1.15. The molecule has 118 valence electrons. The molecule has 1 atom stereocenters. The van der Waals surface area contributed by atoms with E-state index in [9.17, 15) is 0 Å². The fraction of sp³-hybridized carbons (Fsp3) is 0.529. The molecule has 0 aliphatic carbocycles. The Morgan fingerprint density at radius 2 is 1.82 bits per heavy atom. The van der Waals surface area contributed by atoms with Crippen LogP contribution in [0.3, 0.4) is 0 Å². The zero-order valence-corrected chi connectivity index (χ0v) is 14.2. The van der Waals surface area contributed by atoms with E-state index in [4.69, 9.17) is 0 Å². The van der Waals surface area contributed by atoms with Crippen molar-refractivity contribution in [3.63, 3.8) is 0 Å². The molecule has 1 saturated heterocycles. The second-order valence-corrected chi connectivity index (χ2v) is 7.24. The van der Waals surface area contributed by atoms with E-state index in [0.29, 0.717) is 5.25 Å². The van der Waals surface area contributed by atoms with Crippen molar-refractivity contribution in [3.8, 4) is 5.69 Å². The van der Waals surface area contributed by atoms with Crippen molar-refractivity contribution in [2.24, 2.45) is 0 Å². The van der Waals surface area contributed by atoms with Crippen molar-refractivity contribution in [3.05, 3.63) is 30.3 Å². The van der Waals surface area contributed by atoms with Crippen LogP contribution in [0.2, 0.25) is 0 Å². The van der Waals surface area contributed by atoms with Crippen molar-refractivity contribution in [2.75, 3.05) is 18.0 Å². The average molecular weight is 316 g/mol. The molecule has 1 aromatic heterocycles. The van der Waals surface area contributed by atoms with Gasteiger partial charge < -0.3 is 4.90 Å². The van der Waals surface area contributed by atoms with Gasteiger partial charge in [0.15, 0.2) is 5.16 Å². The van der Waals surface area contributed by atoms with Crippen molar-refractivity contribution >= 4 is 17.7 Å². The van der Waals surface area contributed by atoms with Gasteiger partial charge in [-0.1, -0.05) is 43.8 Å². The SMILES string of the molecule is CCC(C)Sc1nnc(N2CCCCC2)n1-c1ccccc1. The maximum absolute atomic E-state index is 4.52. The summed E-state index contributed by atoms with van der Waals surface area (Å²) >= 11 is 1.81. The molecule has 0 N–H and O–H groups in total. The molecule has 0 bridgehead atoms. The van der Waals surface area contributed by atoms with Crippen LogP contribution in [-0.2, 0) is 0 Å². The van der Waals surface area contributed by atoms with Gasteiger partial charge in [-0.15, -0.1) is 10.2 Å². The largest absolute Gasteiger partial charge is 0.341 e. The fourth-order valence-corrected chi connectivity index (χ4v) is 3.61. The number of rotatable bonds is 5. The summed E-state index contributed by atoms with van der Waals surface area (Å²) in [4.78, 5) is 2.38. The van der Waals surface area contributed by atoms with E-state index in [-0.39, 0.29) is 0 Å². The molecule has 1 unspecified atom stereocenters. The monoisotopic (exact) mass is 316 g/mol. The predicted octanol–water partition coefficient (Wildman–Crippen LogP) is 4.15. The zero-order valence-electron chi connectivity index (χ0n) is 13.4. The molecule has 4 nitrogen and oxygen atoms in total. The van der Waals surface area contributed by atoms with Gasteiger partial charge in [0.1, 0.15) is 0 Å². The number of anilines is 1. The Morgan fingerprint density at radius 1 is 1.09 bits per heavy atom. The first kappa shape index (κ1) is 15.4. The molecule has 1 aliphatic heterocycles. The number of aromatic nitrogens is 3. The molecule has 0 saturated carbocycles. The van der Waals surface area contributed by atoms with Crippen LogP contribution in [0.4, 0.5) is 5.95 Å². The number of nitrogens with zero attached hydrogens (tertiary/aromatic N) is 4. The van der Waals surface area contributed by atoms with E-state index in [0.717, 1.165) is 36.3 Å². The first-order valence-electron chi connectivity index (χ1n) is 8.22.